The maximum absolute atomic E-state index is 12.8. The Hall–Kier alpha value is -2.09. The highest BCUT2D eigenvalue weighted by Crippen LogP contribution is 2.49. The van der Waals surface area contributed by atoms with Gasteiger partial charge in [-0.25, -0.2) is 4.79 Å². The Labute approximate surface area is 130 Å². The molecule has 1 atom stereocenters. The number of amides is 1. The summed E-state index contributed by atoms with van der Waals surface area (Å²) in [4.78, 5) is 23.1. The van der Waals surface area contributed by atoms with Gasteiger partial charge < -0.3 is 15.5 Å². The summed E-state index contributed by atoms with van der Waals surface area (Å²) in [5, 5.41) is 20.7. The third kappa shape index (κ3) is 3.47. The number of hydrogen-bond donors (Lipinski definition) is 3. The number of rotatable bonds is 5. The van der Waals surface area contributed by atoms with Gasteiger partial charge in [-0.2, -0.15) is 13.2 Å². The number of carbonyl (C=O) groups excluding carboxylic acids is 1. The molecule has 1 saturated carbocycles. The van der Waals surface area contributed by atoms with Crippen LogP contribution in [-0.4, -0.2) is 34.2 Å². The number of nitrogens with one attached hydrogen (secondary N) is 1. The molecule has 1 aromatic rings. The summed E-state index contributed by atoms with van der Waals surface area (Å²) in [6, 6.07) is 4.53. The minimum Gasteiger partial charge on any atom is -0.479 e. The van der Waals surface area contributed by atoms with E-state index in [9.17, 15) is 27.9 Å². The van der Waals surface area contributed by atoms with E-state index in [1.807, 2.05) is 0 Å². The van der Waals surface area contributed by atoms with E-state index in [1.165, 1.54) is 12.1 Å². The first kappa shape index (κ1) is 17.3. The SMILES string of the molecule is CC(O)(CNC(=O)C1(c2cccc(C(F)(F)F)c2)CC1)C(=O)O. The summed E-state index contributed by atoms with van der Waals surface area (Å²) in [6.07, 6.45) is -3.76. The summed E-state index contributed by atoms with van der Waals surface area (Å²) in [5.41, 5.74) is -3.83. The molecule has 0 aliphatic heterocycles. The van der Waals surface area contributed by atoms with Gasteiger partial charge in [-0.15, -0.1) is 0 Å². The highest BCUT2D eigenvalue weighted by atomic mass is 19.4. The first-order valence-electron chi connectivity index (χ1n) is 6.91. The van der Waals surface area contributed by atoms with E-state index < -0.39 is 41.2 Å². The number of halogens is 3. The smallest absolute Gasteiger partial charge is 0.416 e. The lowest BCUT2D eigenvalue weighted by Gasteiger charge is -2.22. The number of alkyl halides is 3. The van der Waals surface area contributed by atoms with Gasteiger partial charge >= 0.3 is 12.1 Å². The zero-order chi connectivity index (χ0) is 17.5. The van der Waals surface area contributed by atoms with Crippen LogP contribution in [0.5, 0.6) is 0 Å². The van der Waals surface area contributed by atoms with Gasteiger partial charge in [0.25, 0.3) is 0 Å². The van der Waals surface area contributed by atoms with Crippen LogP contribution in [0.4, 0.5) is 13.2 Å². The van der Waals surface area contributed by atoms with E-state index in [0.717, 1.165) is 19.1 Å². The molecule has 23 heavy (non-hydrogen) atoms. The molecule has 3 N–H and O–H groups in total. The van der Waals surface area contributed by atoms with Crippen LogP contribution in [0, 0.1) is 0 Å². The normalized spacial score (nSPS) is 18.8. The highest BCUT2D eigenvalue weighted by Gasteiger charge is 2.52. The number of aliphatic carboxylic acids is 1. The molecule has 0 spiro atoms. The molecule has 1 aliphatic rings. The van der Waals surface area contributed by atoms with Crippen molar-refractivity contribution in [2.45, 2.75) is 37.0 Å². The molecule has 1 amide bonds. The highest BCUT2D eigenvalue weighted by molar-refractivity contribution is 5.92. The molecule has 1 unspecified atom stereocenters. The van der Waals surface area contributed by atoms with Gasteiger partial charge in [0.1, 0.15) is 0 Å². The van der Waals surface area contributed by atoms with E-state index in [4.69, 9.17) is 5.11 Å². The molecule has 0 aromatic heterocycles. The Morgan fingerprint density at radius 2 is 1.91 bits per heavy atom. The van der Waals surface area contributed by atoms with Crippen molar-refractivity contribution in [1.29, 1.82) is 0 Å². The van der Waals surface area contributed by atoms with Gasteiger partial charge in [-0.05, 0) is 31.4 Å². The Kier molecular flexibility index (Phi) is 4.14. The molecule has 2 rings (SSSR count). The van der Waals surface area contributed by atoms with Crippen molar-refractivity contribution in [3.05, 3.63) is 35.4 Å². The molecular formula is C15H16F3NO4. The van der Waals surface area contributed by atoms with Crippen LogP contribution in [0.1, 0.15) is 30.9 Å². The Morgan fingerprint density at radius 1 is 1.30 bits per heavy atom. The van der Waals surface area contributed by atoms with E-state index in [1.54, 1.807) is 0 Å². The third-order valence-electron chi connectivity index (χ3n) is 3.98. The monoisotopic (exact) mass is 331 g/mol. The lowest BCUT2D eigenvalue weighted by atomic mass is 9.93. The number of carboxylic acid groups (broad SMARTS) is 1. The molecule has 126 valence electrons. The number of aliphatic hydroxyl groups is 1. The summed E-state index contributed by atoms with van der Waals surface area (Å²) in [6.45, 7) is 0.501. The fraction of sp³-hybridized carbons (Fsp3) is 0.467. The standard InChI is InChI=1S/C15H16F3NO4/c1-13(23,12(21)22)8-19-11(20)14(5-6-14)9-3-2-4-10(7-9)15(16,17)18/h2-4,7,23H,5-6,8H2,1H3,(H,19,20)(H,21,22). The van der Waals surface area contributed by atoms with Crippen LogP contribution >= 0.6 is 0 Å². The second kappa shape index (κ2) is 5.52. The third-order valence-corrected chi connectivity index (χ3v) is 3.98. The van der Waals surface area contributed by atoms with E-state index >= 15 is 0 Å². The van der Waals surface area contributed by atoms with Crippen molar-refractivity contribution in [1.82, 2.24) is 5.32 Å². The van der Waals surface area contributed by atoms with Crippen LogP contribution in [-0.2, 0) is 21.2 Å². The average molecular weight is 331 g/mol. The van der Waals surface area contributed by atoms with Crippen LogP contribution in [0.3, 0.4) is 0 Å². The van der Waals surface area contributed by atoms with E-state index in [2.05, 4.69) is 5.32 Å². The number of carboxylic acids is 1. The minimum atomic E-state index is -4.50. The van der Waals surface area contributed by atoms with Crippen LogP contribution in [0.2, 0.25) is 0 Å². The molecule has 0 bridgehead atoms. The largest absolute Gasteiger partial charge is 0.479 e. The molecule has 0 radical (unpaired) electrons. The van der Waals surface area contributed by atoms with Crippen molar-refractivity contribution < 1.29 is 33.0 Å². The zero-order valence-electron chi connectivity index (χ0n) is 12.3. The average Bonchev–Trinajstić information content (AvgIpc) is 3.25. The molecule has 5 nitrogen and oxygen atoms in total. The molecule has 0 saturated heterocycles. The van der Waals surface area contributed by atoms with Crippen LogP contribution in [0.15, 0.2) is 24.3 Å². The van der Waals surface area contributed by atoms with E-state index in [-0.39, 0.29) is 5.56 Å². The van der Waals surface area contributed by atoms with Crippen molar-refractivity contribution in [2.24, 2.45) is 0 Å². The molecule has 1 aromatic carbocycles. The predicted molar refractivity (Wildman–Crippen MR) is 73.6 cm³/mol. The minimum absolute atomic E-state index is 0.236. The molecule has 1 aliphatic carbocycles. The Bertz CT molecular complexity index is 636. The summed E-state index contributed by atoms with van der Waals surface area (Å²) in [5.74, 6) is -2.08. The first-order valence-corrected chi connectivity index (χ1v) is 6.91. The summed E-state index contributed by atoms with van der Waals surface area (Å²) in [7, 11) is 0. The van der Waals surface area contributed by atoms with Gasteiger partial charge in [0.15, 0.2) is 5.60 Å². The topological polar surface area (TPSA) is 86.6 Å². The van der Waals surface area contributed by atoms with Crippen molar-refractivity contribution >= 4 is 11.9 Å². The Morgan fingerprint density at radius 3 is 2.39 bits per heavy atom. The lowest BCUT2D eigenvalue weighted by Crippen LogP contribution is -2.48. The van der Waals surface area contributed by atoms with Crippen LogP contribution in [0.25, 0.3) is 0 Å². The second-order valence-corrected chi connectivity index (χ2v) is 5.92. The molecule has 0 heterocycles. The van der Waals surface area contributed by atoms with Gasteiger partial charge in [0.2, 0.25) is 5.91 Å². The predicted octanol–water partition coefficient (Wildman–Crippen LogP) is 1.69. The molecular weight excluding hydrogens is 315 g/mol. The van der Waals surface area contributed by atoms with Crippen molar-refractivity contribution in [2.75, 3.05) is 6.54 Å². The fourth-order valence-corrected chi connectivity index (χ4v) is 2.26. The molecule has 8 heteroatoms. The van der Waals surface area contributed by atoms with Gasteiger partial charge in [-0.1, -0.05) is 18.2 Å². The van der Waals surface area contributed by atoms with Gasteiger partial charge in [0.05, 0.1) is 17.5 Å². The maximum Gasteiger partial charge on any atom is 0.416 e. The number of carbonyl (C=O) groups is 2. The van der Waals surface area contributed by atoms with Gasteiger partial charge in [-0.3, -0.25) is 4.79 Å². The first-order chi connectivity index (χ1) is 10.5. The summed E-state index contributed by atoms with van der Waals surface area (Å²) < 4.78 is 38.3. The maximum atomic E-state index is 12.8. The van der Waals surface area contributed by atoms with E-state index in [0.29, 0.717) is 12.8 Å². The summed E-state index contributed by atoms with van der Waals surface area (Å²) >= 11 is 0. The quantitative estimate of drug-likeness (QED) is 0.766. The second-order valence-electron chi connectivity index (χ2n) is 5.92. The number of hydrogen-bond acceptors (Lipinski definition) is 3. The van der Waals surface area contributed by atoms with Gasteiger partial charge in [0, 0.05) is 0 Å². The lowest BCUT2D eigenvalue weighted by molar-refractivity contribution is -0.156. The van der Waals surface area contributed by atoms with Crippen molar-refractivity contribution in [3.63, 3.8) is 0 Å². The fourth-order valence-electron chi connectivity index (χ4n) is 2.26. The zero-order valence-corrected chi connectivity index (χ0v) is 12.3. The van der Waals surface area contributed by atoms with Crippen molar-refractivity contribution in [3.8, 4) is 0 Å². The number of benzene rings is 1. The Balaban J connectivity index is 2.17. The van der Waals surface area contributed by atoms with Crippen LogP contribution < -0.4 is 5.32 Å². The molecule has 1 fully saturated rings.